The second-order valence-electron chi connectivity index (χ2n) is 11.1. The summed E-state index contributed by atoms with van der Waals surface area (Å²) in [5.74, 6) is -1.26. The van der Waals surface area contributed by atoms with Gasteiger partial charge in [0.25, 0.3) is 0 Å². The monoisotopic (exact) mass is 586 g/mol. The first-order valence-electron chi connectivity index (χ1n) is 12.8. The zero-order valence-corrected chi connectivity index (χ0v) is 24.6. The molecule has 3 aromatic carbocycles. The van der Waals surface area contributed by atoms with E-state index >= 15 is 0 Å². The Morgan fingerprint density at radius 1 is 0.953 bits per heavy atom. The van der Waals surface area contributed by atoms with E-state index in [0.717, 1.165) is 0 Å². The van der Waals surface area contributed by atoms with Gasteiger partial charge in [0.05, 0.1) is 84.7 Å². The summed E-state index contributed by atoms with van der Waals surface area (Å²) in [7, 11) is 55.6. The molecule has 1 amide bonds. The fourth-order valence-electron chi connectivity index (χ4n) is 5.71. The third-order valence-electron chi connectivity index (χ3n) is 8.59. The lowest BCUT2D eigenvalue weighted by atomic mass is 9.13. The quantitative estimate of drug-likeness (QED) is 0.453. The number of hydrogen-bond acceptors (Lipinski definition) is 3. The maximum Gasteiger partial charge on any atom is 0.248 e. The highest BCUT2D eigenvalue weighted by atomic mass is 35.5. The molecule has 2 N–H and O–H groups in total. The Morgan fingerprint density at radius 2 is 1.60 bits per heavy atom. The summed E-state index contributed by atoms with van der Waals surface area (Å²) in [4.78, 5) is 14.8. The Bertz CT molecular complexity index is 1690. The van der Waals surface area contributed by atoms with Gasteiger partial charge >= 0.3 is 0 Å². The molecule has 4 nitrogen and oxygen atoms in total. The number of nitrogens with two attached hydrogens (primary N) is 1. The van der Waals surface area contributed by atoms with Crippen molar-refractivity contribution in [2.75, 3.05) is 16.8 Å². The van der Waals surface area contributed by atoms with Gasteiger partial charge in [-0.15, -0.1) is 10.4 Å². The average molecular weight is 586 g/mol. The van der Waals surface area contributed by atoms with Gasteiger partial charge in [-0.3, -0.25) is 4.79 Å². The summed E-state index contributed by atoms with van der Waals surface area (Å²) in [5, 5.41) is -9.48. The minimum absolute atomic E-state index is 0.0489. The lowest BCUT2D eigenvalue weighted by molar-refractivity contribution is 0.100. The summed E-state index contributed by atoms with van der Waals surface area (Å²) >= 11 is 12.9. The molecule has 0 aromatic heterocycles. The second kappa shape index (κ2) is 10.0. The Labute approximate surface area is 272 Å². The maximum absolute atomic E-state index is 15.0. The van der Waals surface area contributed by atoms with Crippen molar-refractivity contribution in [2.45, 2.75) is 26.3 Å². The van der Waals surface area contributed by atoms with Crippen LogP contribution in [-0.2, 0) is 0 Å². The number of rotatable bonds is 6. The first-order valence-corrected chi connectivity index (χ1v) is 13.6. The molecular formula is C27H16B9Cl2FN3O. The molecule has 2 saturated heterocycles. The normalized spacial score (nSPS) is 24.3. The van der Waals surface area contributed by atoms with Crippen LogP contribution in [0.5, 0.6) is 0 Å². The molecule has 0 aliphatic carbocycles. The van der Waals surface area contributed by atoms with Gasteiger partial charge in [0.2, 0.25) is 5.91 Å². The lowest BCUT2D eigenvalue weighted by Gasteiger charge is -2.71. The van der Waals surface area contributed by atoms with Gasteiger partial charge < -0.3 is 15.5 Å². The van der Waals surface area contributed by atoms with E-state index in [2.05, 4.69) is 6.58 Å². The van der Waals surface area contributed by atoms with Crippen molar-refractivity contribution in [3.8, 4) is 11.1 Å². The van der Waals surface area contributed by atoms with E-state index in [1.807, 2.05) is 0 Å². The summed E-state index contributed by atoms with van der Waals surface area (Å²) in [6.07, 6.45) is 0. The van der Waals surface area contributed by atoms with E-state index in [-0.39, 0.29) is 27.5 Å². The molecule has 193 valence electrons. The molecule has 0 spiro atoms. The van der Waals surface area contributed by atoms with E-state index in [1.165, 1.54) is 48.6 Å². The van der Waals surface area contributed by atoms with Crippen LogP contribution in [-0.4, -0.2) is 93.7 Å². The smallest absolute Gasteiger partial charge is 0.248 e. The molecule has 2 aliphatic rings. The van der Waals surface area contributed by atoms with Crippen LogP contribution < -0.4 is 15.5 Å². The number of primary amides is 1. The predicted octanol–water partition coefficient (Wildman–Crippen LogP) is 2.55. The summed E-state index contributed by atoms with van der Waals surface area (Å²) in [6.45, 7) is 4.08. The topological polar surface area (TPSA) is 49.6 Å². The molecule has 2 fully saturated rings. The number of benzene rings is 3. The number of carbonyl (C=O) groups excluding carboxylic acids is 1. The Kier molecular flexibility index (Phi) is 7.46. The van der Waals surface area contributed by atoms with Crippen molar-refractivity contribution in [3.05, 3.63) is 88.2 Å². The number of anilines is 2. The highest BCUT2D eigenvalue weighted by Crippen LogP contribution is 2.79. The number of amides is 1. The first-order chi connectivity index (χ1) is 19.7. The minimum atomic E-state index is -2.24. The van der Waals surface area contributed by atoms with Gasteiger partial charge in [-0.1, -0.05) is 47.1 Å². The zero-order valence-electron chi connectivity index (χ0n) is 23.1. The SMILES string of the molecule is [B]C1([B])N(c2cc(-c3cc(C(N)=O)ccc3Cl)ccc2N(C)C(=C)c2c(F)cccc2Cl)C2([B])[B]C2([B])C([B])([B])C1([B])[B]. The van der Waals surface area contributed by atoms with Gasteiger partial charge in [0, 0.05) is 28.9 Å². The van der Waals surface area contributed by atoms with Crippen LogP contribution >= 0.6 is 23.2 Å². The van der Waals surface area contributed by atoms with Crippen LogP contribution in [0.2, 0.25) is 25.7 Å². The van der Waals surface area contributed by atoms with Crippen molar-refractivity contribution in [1.82, 2.24) is 0 Å². The number of fused-ring (bicyclic) bond motifs is 1. The fraction of sp³-hybridized carbons (Fsp3) is 0.222. The fourth-order valence-corrected chi connectivity index (χ4v) is 6.21. The maximum atomic E-state index is 15.0. The molecule has 2 atom stereocenters. The van der Waals surface area contributed by atoms with Crippen LogP contribution in [0.3, 0.4) is 0 Å². The summed E-state index contributed by atoms with van der Waals surface area (Å²) in [5.41, 5.74) is 7.42. The van der Waals surface area contributed by atoms with Gasteiger partial charge in [0.1, 0.15) is 13.1 Å². The van der Waals surface area contributed by atoms with Crippen molar-refractivity contribution < 1.29 is 9.18 Å². The molecule has 2 aliphatic heterocycles. The molecule has 17 radical (unpaired) electrons. The Balaban J connectivity index is 1.78. The van der Waals surface area contributed by atoms with Crippen LogP contribution in [0.4, 0.5) is 15.8 Å². The second-order valence-corrected chi connectivity index (χ2v) is 11.9. The van der Waals surface area contributed by atoms with E-state index in [0.29, 0.717) is 21.8 Å². The molecule has 43 heavy (non-hydrogen) atoms. The minimum Gasteiger partial charge on any atom is -0.394 e. The van der Waals surface area contributed by atoms with Crippen molar-refractivity contribution in [3.63, 3.8) is 0 Å². The highest BCUT2D eigenvalue weighted by molar-refractivity contribution is 6.88. The van der Waals surface area contributed by atoms with Crippen LogP contribution in [0.15, 0.2) is 61.2 Å². The third-order valence-corrected chi connectivity index (χ3v) is 9.24. The largest absolute Gasteiger partial charge is 0.394 e. The standard InChI is InChI=1S/C27H16B9Cl2FN3O/c1-12(21-17(38)4-3-5-18(21)39)41(2)19-9-7-13(15-10-14(22(40)43)6-8-16(15)37)11-20(19)42-26(33,34)24(30,31)23(28,29)25(32)27(42,35)36-25/h3-11H,1H2,2H3,(H2,40,43). The molecular weight excluding hydrogens is 570 g/mol. The molecule has 16 heteroatoms. The van der Waals surface area contributed by atoms with E-state index in [4.69, 9.17) is 91.7 Å². The van der Waals surface area contributed by atoms with Crippen molar-refractivity contribution >= 4 is 116 Å². The molecule has 2 heterocycles. The number of hydrogen-bond donors (Lipinski definition) is 1. The van der Waals surface area contributed by atoms with Gasteiger partial charge in [-0.2, -0.15) is 0 Å². The predicted molar refractivity (Wildman–Crippen MR) is 182 cm³/mol. The lowest BCUT2D eigenvalue weighted by Crippen LogP contribution is -2.72. The molecule has 5 rings (SSSR count). The van der Waals surface area contributed by atoms with Crippen LogP contribution in [0.25, 0.3) is 16.8 Å². The Hall–Kier alpha value is -2.44. The molecule has 0 bridgehead atoms. The number of piperidine rings is 1. The van der Waals surface area contributed by atoms with Gasteiger partial charge in [-0.25, -0.2) is 4.39 Å². The highest BCUT2D eigenvalue weighted by Gasteiger charge is 2.77. The van der Waals surface area contributed by atoms with Crippen molar-refractivity contribution in [1.29, 1.82) is 0 Å². The first kappa shape index (κ1) is 32.0. The Morgan fingerprint density at radius 3 is 2.21 bits per heavy atom. The van der Waals surface area contributed by atoms with E-state index < -0.39 is 38.0 Å². The van der Waals surface area contributed by atoms with Crippen LogP contribution in [0, 0.1) is 5.82 Å². The molecule has 2 unspecified atom stereocenters. The third kappa shape index (κ3) is 4.33. The van der Waals surface area contributed by atoms with E-state index in [9.17, 15) is 9.18 Å². The number of nitrogens with zero attached hydrogens (tertiary/aromatic N) is 2. The summed E-state index contributed by atoms with van der Waals surface area (Å²) < 4.78 is 15.0. The van der Waals surface area contributed by atoms with Crippen LogP contribution in [0.1, 0.15) is 15.9 Å². The molecule has 0 saturated carbocycles. The van der Waals surface area contributed by atoms with Gasteiger partial charge in [-0.05, 0) is 58.7 Å². The van der Waals surface area contributed by atoms with Gasteiger partial charge in [0.15, 0.2) is 0 Å². The van der Waals surface area contributed by atoms with E-state index in [1.54, 1.807) is 30.1 Å². The zero-order chi connectivity index (χ0) is 32.1. The van der Waals surface area contributed by atoms with Crippen molar-refractivity contribution in [2.24, 2.45) is 5.73 Å². The average Bonchev–Trinajstić information content (AvgIpc) is 3.50. The number of halogens is 3. The molecule has 3 aromatic rings. The summed E-state index contributed by atoms with van der Waals surface area (Å²) in [6, 6.07) is 13.8. The number of carbonyl (C=O) groups is 1.